The van der Waals surface area contributed by atoms with Gasteiger partial charge in [-0.3, -0.25) is 4.79 Å². The third-order valence-electron chi connectivity index (χ3n) is 2.89. The Bertz CT molecular complexity index is 594. The van der Waals surface area contributed by atoms with Crippen LogP contribution in [0.5, 0.6) is 0 Å². The Balaban J connectivity index is 3.20. The molecule has 0 radical (unpaired) electrons. The summed E-state index contributed by atoms with van der Waals surface area (Å²) in [5.41, 5.74) is 0.902. The molecule has 0 bridgehead atoms. The molecule has 0 saturated carbocycles. The van der Waals surface area contributed by atoms with E-state index in [1.807, 2.05) is 6.07 Å². The Kier molecular flexibility index (Phi) is 4.61. The molecule has 0 aliphatic rings. The maximum absolute atomic E-state index is 12.3. The van der Waals surface area contributed by atoms with E-state index in [-0.39, 0.29) is 4.90 Å². The highest BCUT2D eigenvalue weighted by Crippen LogP contribution is 2.22. The number of hydrogen-bond acceptors (Lipinski definition) is 3. The van der Waals surface area contributed by atoms with E-state index in [9.17, 15) is 18.3 Å². The molecule has 0 aliphatic carbocycles. The van der Waals surface area contributed by atoms with E-state index in [1.54, 1.807) is 34.6 Å². The van der Waals surface area contributed by atoms with Gasteiger partial charge in [0.15, 0.2) is 0 Å². The third-order valence-corrected chi connectivity index (χ3v) is 4.29. The molecule has 1 aromatic rings. The summed E-state index contributed by atoms with van der Waals surface area (Å²) in [6.07, 6.45) is 0. The van der Waals surface area contributed by atoms with Crippen LogP contribution in [-0.2, 0) is 14.8 Å². The van der Waals surface area contributed by atoms with Crippen LogP contribution in [0.3, 0.4) is 0 Å². The topological polar surface area (TPSA) is 83.5 Å². The molecule has 20 heavy (non-hydrogen) atoms. The van der Waals surface area contributed by atoms with Gasteiger partial charge in [0.1, 0.15) is 6.04 Å². The Hall–Kier alpha value is -1.40. The second-order valence-corrected chi connectivity index (χ2v) is 7.80. The fourth-order valence-electron chi connectivity index (χ4n) is 1.91. The Morgan fingerprint density at radius 2 is 1.60 bits per heavy atom. The highest BCUT2D eigenvalue weighted by molar-refractivity contribution is 7.89. The zero-order chi connectivity index (χ0) is 15.7. The Labute approximate surface area is 120 Å². The monoisotopic (exact) mass is 299 g/mol. The Morgan fingerprint density at radius 3 is 1.95 bits per heavy atom. The zero-order valence-corrected chi connectivity index (χ0v) is 13.2. The van der Waals surface area contributed by atoms with E-state index < -0.39 is 27.4 Å². The molecule has 0 amide bonds. The van der Waals surface area contributed by atoms with E-state index in [2.05, 4.69) is 4.72 Å². The van der Waals surface area contributed by atoms with Crippen molar-refractivity contribution in [1.82, 2.24) is 4.72 Å². The number of hydrogen-bond donors (Lipinski definition) is 2. The average Bonchev–Trinajstić information content (AvgIpc) is 2.22. The van der Waals surface area contributed by atoms with Crippen molar-refractivity contribution in [1.29, 1.82) is 0 Å². The maximum Gasteiger partial charge on any atom is 0.322 e. The second-order valence-electron chi connectivity index (χ2n) is 6.08. The normalized spacial score (nSPS) is 14.1. The van der Waals surface area contributed by atoms with Gasteiger partial charge in [-0.15, -0.1) is 0 Å². The molecular weight excluding hydrogens is 278 g/mol. The van der Waals surface area contributed by atoms with Gasteiger partial charge in [-0.2, -0.15) is 4.72 Å². The van der Waals surface area contributed by atoms with Gasteiger partial charge in [0.2, 0.25) is 10.0 Å². The standard InChI is InChI=1S/C14H21NO4S/c1-9-6-10(2)8-11(7-9)20(18,19)15-12(13(16)17)14(3,4)5/h6-8,12,15H,1-5H3,(H,16,17)/t12-/m0/s1. The number of carbonyl (C=O) groups is 1. The molecule has 2 N–H and O–H groups in total. The zero-order valence-electron chi connectivity index (χ0n) is 12.4. The molecule has 0 heterocycles. The minimum Gasteiger partial charge on any atom is -0.480 e. The Morgan fingerprint density at radius 1 is 1.15 bits per heavy atom. The fourth-order valence-corrected chi connectivity index (χ4v) is 3.49. The molecule has 112 valence electrons. The average molecular weight is 299 g/mol. The van der Waals surface area contributed by atoms with Crippen molar-refractivity contribution in [2.24, 2.45) is 5.41 Å². The number of rotatable bonds is 4. The van der Waals surface area contributed by atoms with Crippen molar-refractivity contribution in [3.05, 3.63) is 29.3 Å². The van der Waals surface area contributed by atoms with Gasteiger partial charge < -0.3 is 5.11 Å². The van der Waals surface area contributed by atoms with E-state index in [0.717, 1.165) is 11.1 Å². The van der Waals surface area contributed by atoms with Gasteiger partial charge in [-0.1, -0.05) is 26.8 Å². The lowest BCUT2D eigenvalue weighted by Crippen LogP contribution is -2.48. The lowest BCUT2D eigenvalue weighted by atomic mass is 9.88. The van der Waals surface area contributed by atoms with Gasteiger partial charge in [-0.05, 0) is 42.5 Å². The highest BCUT2D eigenvalue weighted by atomic mass is 32.2. The molecule has 0 unspecified atom stereocenters. The first kappa shape index (κ1) is 16.7. The van der Waals surface area contributed by atoms with Crippen LogP contribution in [0.25, 0.3) is 0 Å². The van der Waals surface area contributed by atoms with Crippen molar-refractivity contribution < 1.29 is 18.3 Å². The van der Waals surface area contributed by atoms with Gasteiger partial charge in [0, 0.05) is 0 Å². The van der Waals surface area contributed by atoms with Crippen LogP contribution in [0.4, 0.5) is 0 Å². The van der Waals surface area contributed by atoms with E-state index >= 15 is 0 Å². The summed E-state index contributed by atoms with van der Waals surface area (Å²) >= 11 is 0. The van der Waals surface area contributed by atoms with Crippen LogP contribution in [0.15, 0.2) is 23.1 Å². The van der Waals surface area contributed by atoms with Crippen molar-refractivity contribution in [2.45, 2.75) is 45.6 Å². The summed E-state index contributed by atoms with van der Waals surface area (Å²) in [6.45, 7) is 8.62. The lowest BCUT2D eigenvalue weighted by molar-refractivity contribution is -0.141. The van der Waals surface area contributed by atoms with Crippen molar-refractivity contribution >= 4 is 16.0 Å². The first-order valence-corrected chi connectivity index (χ1v) is 7.75. The summed E-state index contributed by atoms with van der Waals surface area (Å²) in [4.78, 5) is 11.4. The van der Waals surface area contributed by atoms with Crippen molar-refractivity contribution in [2.75, 3.05) is 0 Å². The third kappa shape index (κ3) is 4.05. The minimum absolute atomic E-state index is 0.0884. The predicted octanol–water partition coefficient (Wildman–Crippen LogP) is 2.08. The number of benzene rings is 1. The molecule has 5 nitrogen and oxygen atoms in total. The minimum atomic E-state index is -3.86. The van der Waals surface area contributed by atoms with E-state index in [1.165, 1.54) is 12.1 Å². The van der Waals surface area contributed by atoms with Gasteiger partial charge in [-0.25, -0.2) is 8.42 Å². The lowest BCUT2D eigenvalue weighted by Gasteiger charge is -2.27. The maximum atomic E-state index is 12.3. The number of nitrogens with one attached hydrogen (secondary N) is 1. The van der Waals surface area contributed by atoms with Crippen LogP contribution < -0.4 is 4.72 Å². The number of aliphatic carboxylic acids is 1. The first-order chi connectivity index (χ1) is 8.93. The molecule has 0 fully saturated rings. The van der Waals surface area contributed by atoms with Crippen molar-refractivity contribution in [3.63, 3.8) is 0 Å². The first-order valence-electron chi connectivity index (χ1n) is 6.27. The molecule has 0 saturated heterocycles. The fraction of sp³-hybridized carbons (Fsp3) is 0.500. The largest absolute Gasteiger partial charge is 0.480 e. The van der Waals surface area contributed by atoms with Crippen LogP contribution in [0.2, 0.25) is 0 Å². The quantitative estimate of drug-likeness (QED) is 0.891. The number of carboxylic acid groups (broad SMARTS) is 1. The van der Waals surface area contributed by atoms with Gasteiger partial charge >= 0.3 is 5.97 Å². The number of sulfonamides is 1. The summed E-state index contributed by atoms with van der Waals surface area (Å²) in [5.74, 6) is -1.19. The number of carboxylic acids is 1. The molecule has 0 aromatic heterocycles. The molecule has 0 aliphatic heterocycles. The summed E-state index contributed by atoms with van der Waals surface area (Å²) in [7, 11) is -3.86. The molecular formula is C14H21NO4S. The second kappa shape index (κ2) is 5.54. The number of aryl methyl sites for hydroxylation is 2. The summed E-state index contributed by atoms with van der Waals surface area (Å²) in [5, 5.41) is 9.20. The molecule has 1 atom stereocenters. The predicted molar refractivity (Wildman–Crippen MR) is 77.1 cm³/mol. The van der Waals surface area contributed by atoms with E-state index in [4.69, 9.17) is 0 Å². The van der Waals surface area contributed by atoms with Gasteiger partial charge in [0.05, 0.1) is 4.90 Å². The molecule has 0 spiro atoms. The van der Waals surface area contributed by atoms with Crippen LogP contribution >= 0.6 is 0 Å². The summed E-state index contributed by atoms with van der Waals surface area (Å²) < 4.78 is 26.9. The SMILES string of the molecule is Cc1cc(C)cc(S(=O)(=O)N[C@@H](C(=O)O)C(C)(C)C)c1. The van der Waals surface area contributed by atoms with E-state index in [0.29, 0.717) is 0 Å². The van der Waals surface area contributed by atoms with Gasteiger partial charge in [0.25, 0.3) is 0 Å². The summed E-state index contributed by atoms with van der Waals surface area (Å²) in [6, 6.07) is 3.72. The van der Waals surface area contributed by atoms with Crippen LogP contribution in [-0.4, -0.2) is 25.5 Å². The van der Waals surface area contributed by atoms with Crippen LogP contribution in [0, 0.1) is 19.3 Å². The highest BCUT2D eigenvalue weighted by Gasteiger charge is 2.35. The molecule has 1 rings (SSSR count). The smallest absolute Gasteiger partial charge is 0.322 e. The van der Waals surface area contributed by atoms with Crippen LogP contribution in [0.1, 0.15) is 31.9 Å². The van der Waals surface area contributed by atoms with Crippen molar-refractivity contribution in [3.8, 4) is 0 Å². The molecule has 1 aromatic carbocycles. The molecule has 6 heteroatoms.